The Kier molecular flexibility index (Phi) is 13.0. The zero-order chi connectivity index (χ0) is 71.9. The first kappa shape index (κ1) is 63.9. The molecule has 0 amide bonds. The molecule has 6 heterocycles. The number of furan rings is 4. The summed E-state index contributed by atoms with van der Waals surface area (Å²) in [6.07, 6.45) is 10.2. The van der Waals surface area contributed by atoms with Gasteiger partial charge < -0.3 is 0 Å². The fourth-order valence-corrected chi connectivity index (χ4v) is 190. The third-order valence-electron chi connectivity index (χ3n) is 27.4. The van der Waals surface area contributed by atoms with Crippen LogP contribution in [-0.2, 0) is 25.8 Å². The third-order valence-corrected chi connectivity index (χ3v) is 142. The molecule has 107 heavy (non-hydrogen) atoms. The molecule has 0 N–H and O–H groups in total. The SMILES string of the molecule is Cc1ccc(C2=Cc3c(-c4ccc5ccccc5c4)cccc3[C]23[SiH](C)[C]2(C(c4ccc(C)o4)=Cc4c(-c5ccc6ccccc6c5)cccc42)[Hf]32([Cl])([Cl])[C]3(C(c4ccc(C)o4)=Cc4c(-c5ccc6ccccc6c5)cccc43)[SiH](C)[C]23C(c2ccc(C)o2)=Cc2c(-c4ccc5ccccc5c4)cccc23)o1. The molecule has 514 valence electrons. The Morgan fingerprint density at radius 1 is 0.252 bits per heavy atom. The normalized spacial score (nSPS) is 23.3. The molecule has 9 heteroatoms. The van der Waals surface area contributed by atoms with Crippen LogP contribution in [0.4, 0.5) is 0 Å². The van der Waals surface area contributed by atoms with E-state index >= 15 is 0 Å². The van der Waals surface area contributed by atoms with Gasteiger partial charge in [-0.25, -0.2) is 0 Å². The Balaban J connectivity index is 1.01. The number of rotatable bonds is 8. The van der Waals surface area contributed by atoms with E-state index in [4.69, 9.17) is 17.7 Å². The molecule has 4 atom stereocenters. The van der Waals surface area contributed by atoms with Crippen molar-refractivity contribution in [2.45, 2.75) is 52.0 Å². The van der Waals surface area contributed by atoms with Crippen molar-refractivity contribution < 1.29 is 32.3 Å². The average molecular weight is 1620 g/mol. The first-order chi connectivity index (χ1) is 52.1. The van der Waals surface area contributed by atoms with Crippen LogP contribution in [0.5, 0.6) is 0 Å². The molecule has 4 aliphatic carbocycles. The summed E-state index contributed by atoms with van der Waals surface area (Å²) in [6.45, 7) is 13.7. The van der Waals surface area contributed by atoms with Gasteiger partial charge in [0.05, 0.1) is 0 Å². The summed E-state index contributed by atoms with van der Waals surface area (Å²) < 4.78 is 25.5. The maximum atomic E-state index is 12.2. The van der Waals surface area contributed by atoms with Crippen molar-refractivity contribution in [2.75, 3.05) is 0 Å². The fraction of sp³-hybridized carbons (Fsp3) is 0.102. The Labute approximate surface area is 629 Å². The zero-order valence-electron chi connectivity index (χ0n) is 60.1. The van der Waals surface area contributed by atoms with Crippen molar-refractivity contribution in [3.63, 3.8) is 0 Å². The first-order valence-corrected chi connectivity index (χ1v) is 58.2. The molecular formula is C98H72Cl2HfO4Si2. The van der Waals surface area contributed by atoms with Gasteiger partial charge in [0.25, 0.3) is 0 Å². The van der Waals surface area contributed by atoms with Gasteiger partial charge in [-0.15, -0.1) is 0 Å². The van der Waals surface area contributed by atoms with Gasteiger partial charge in [0.15, 0.2) is 0 Å². The molecule has 5 spiro atoms. The summed E-state index contributed by atoms with van der Waals surface area (Å²) in [4.78, 5) is 0. The molecule has 12 aromatic carbocycles. The predicted octanol–water partition coefficient (Wildman–Crippen LogP) is 26.1. The summed E-state index contributed by atoms with van der Waals surface area (Å²) in [7, 11) is 18.0. The average Bonchev–Trinajstić information content (AvgIpc) is 1.50. The van der Waals surface area contributed by atoms with Gasteiger partial charge in [-0.1, -0.05) is 0 Å². The molecule has 6 aliphatic rings. The topological polar surface area (TPSA) is 52.6 Å². The molecule has 4 aromatic heterocycles. The van der Waals surface area contributed by atoms with Crippen LogP contribution in [0.25, 0.3) is 134 Å². The summed E-state index contributed by atoms with van der Waals surface area (Å²) in [5.41, 5.74) is 22.1. The van der Waals surface area contributed by atoms with Crippen molar-refractivity contribution in [3.05, 3.63) is 382 Å². The van der Waals surface area contributed by atoms with E-state index in [1.54, 1.807) is 0 Å². The summed E-state index contributed by atoms with van der Waals surface area (Å²) in [5, 5.41) is 9.37. The van der Waals surface area contributed by atoms with E-state index in [1.165, 1.54) is 21.5 Å². The monoisotopic (exact) mass is 1620 g/mol. The minimum absolute atomic E-state index is 0.771. The molecule has 0 saturated carbocycles. The van der Waals surface area contributed by atoms with Crippen LogP contribution in [0.15, 0.2) is 309 Å². The van der Waals surface area contributed by atoms with E-state index in [9.17, 15) is 17.2 Å². The van der Waals surface area contributed by atoms with E-state index < -0.39 is 43.4 Å². The molecule has 22 rings (SSSR count). The molecule has 2 fully saturated rings. The number of hydrogen-bond donors (Lipinski definition) is 0. The summed E-state index contributed by atoms with van der Waals surface area (Å²) >= 11 is -8.91. The van der Waals surface area contributed by atoms with Crippen LogP contribution >= 0.6 is 17.2 Å². The molecule has 4 unspecified atom stereocenters. The van der Waals surface area contributed by atoms with E-state index in [-0.39, 0.29) is 0 Å². The Hall–Kier alpha value is -10.4. The van der Waals surface area contributed by atoms with Crippen molar-refractivity contribution in [3.8, 4) is 44.5 Å². The van der Waals surface area contributed by atoms with Crippen molar-refractivity contribution in [1.82, 2.24) is 0 Å². The number of hydrogen-bond acceptors (Lipinski definition) is 4. The van der Waals surface area contributed by atoms with E-state index in [0.717, 1.165) is 179 Å². The molecule has 0 radical (unpaired) electrons. The third kappa shape index (κ3) is 7.19. The Morgan fingerprint density at radius 2 is 0.477 bits per heavy atom. The number of halogens is 2. The second kappa shape index (κ2) is 21.7. The number of fused-ring (bicyclic) bond motifs is 16. The van der Waals surface area contributed by atoms with Gasteiger partial charge in [0.2, 0.25) is 0 Å². The Bertz CT molecular complexity index is 6010. The van der Waals surface area contributed by atoms with Crippen molar-refractivity contribution in [1.29, 1.82) is 0 Å². The number of allylic oxidation sites excluding steroid dienone is 4. The maximum absolute atomic E-state index is 12.2. The standard InChI is InChI=1S/2C49H36O2Si.2ClH.Hf/c2*1-30-18-24-46(50-30)44-28-42-38(36-22-20-32-10-4-6-12-34(32)26-36)14-8-16-40(42)48(44)52(3)49-41-17-9-15-39(37-23-21-33-11-5-7-13-35(33)27-37)43(41)29-45(49)47-25-19-31(2)51-47;;;/h2*4-29,52H,1-3H3;2*1H;/q;;;;+2/p-2. The molecule has 16 aromatic rings. The minimum atomic E-state index is -8.91. The quantitative estimate of drug-likeness (QED) is 0.142. The Morgan fingerprint density at radius 3 is 0.692 bits per heavy atom. The van der Waals surface area contributed by atoms with E-state index in [0.29, 0.717) is 0 Å². The fourth-order valence-electron chi connectivity index (χ4n) is 24.3. The zero-order valence-corrected chi connectivity index (χ0v) is 67.5. The number of aryl methyl sites for hydroxylation is 4. The van der Waals surface area contributed by atoms with Gasteiger partial charge in [-0.3, -0.25) is 0 Å². The molecule has 2 aliphatic heterocycles. The van der Waals surface area contributed by atoms with Gasteiger partial charge in [0.1, 0.15) is 0 Å². The molecule has 0 bridgehead atoms. The van der Waals surface area contributed by atoms with Crippen molar-refractivity contribution >= 4 is 124 Å². The van der Waals surface area contributed by atoms with Gasteiger partial charge in [-0.2, -0.15) is 0 Å². The molecular weight excluding hydrogens is 1550 g/mol. The summed E-state index contributed by atoms with van der Waals surface area (Å²) in [6, 6.07) is 109. The van der Waals surface area contributed by atoms with Crippen LogP contribution in [0, 0.1) is 27.7 Å². The van der Waals surface area contributed by atoms with E-state index in [1.807, 2.05) is 0 Å². The van der Waals surface area contributed by atoms with Crippen LogP contribution in [0.1, 0.15) is 90.6 Å². The molecule has 4 nitrogen and oxygen atoms in total. The first-order valence-electron chi connectivity index (χ1n) is 37.5. The van der Waals surface area contributed by atoms with Crippen LogP contribution in [0.2, 0.25) is 13.1 Å². The van der Waals surface area contributed by atoms with Crippen LogP contribution < -0.4 is 0 Å². The van der Waals surface area contributed by atoms with Crippen molar-refractivity contribution in [2.24, 2.45) is 0 Å². The summed E-state index contributed by atoms with van der Waals surface area (Å²) in [5.74, 6) is 6.29. The van der Waals surface area contributed by atoms with E-state index in [2.05, 4.69) is 356 Å². The predicted molar refractivity (Wildman–Crippen MR) is 447 cm³/mol. The second-order valence-corrected chi connectivity index (χ2v) is 85.8. The van der Waals surface area contributed by atoms with Crippen LogP contribution in [0.3, 0.4) is 0 Å². The van der Waals surface area contributed by atoms with Gasteiger partial charge in [-0.05, 0) is 0 Å². The van der Waals surface area contributed by atoms with Gasteiger partial charge in [0, 0.05) is 0 Å². The molecule has 2 saturated heterocycles. The second-order valence-electron chi connectivity index (χ2n) is 31.4. The number of benzene rings is 12. The van der Waals surface area contributed by atoms with Gasteiger partial charge >= 0.3 is 635 Å². The van der Waals surface area contributed by atoms with Crippen LogP contribution in [-0.4, -0.2) is 17.6 Å².